The summed E-state index contributed by atoms with van der Waals surface area (Å²) in [4.78, 5) is 25.3. The number of ketones is 2. The van der Waals surface area contributed by atoms with E-state index in [2.05, 4.69) is 17.6 Å². The van der Waals surface area contributed by atoms with Crippen molar-refractivity contribution >= 4 is 58.0 Å². The summed E-state index contributed by atoms with van der Waals surface area (Å²) in [5.74, 6) is 0.0356. The second kappa shape index (κ2) is 13.2. The number of alkyl halides is 1. The van der Waals surface area contributed by atoms with Gasteiger partial charge in [0.1, 0.15) is 6.17 Å². The van der Waals surface area contributed by atoms with E-state index < -0.39 is 17.2 Å². The first kappa shape index (κ1) is 30.3. The maximum atomic E-state index is 13.5. The zero-order chi connectivity index (χ0) is 27.2. The van der Waals surface area contributed by atoms with E-state index in [4.69, 9.17) is 46.4 Å². The standard InChI is InChI=1S/C14H16Cl2FNO.C14H17Cl2NO/c1-2-5-14(7-10(17)8-18-14)13(19)9-3-4-11(15)12(16)6-9;1-2-6-14(7-3-8-17-14)13(18)10-4-5-11(15)12(16)9-10/h3-4,6,10,18H,2,5,7-8H2,1H3;4-5,9,17H,2-3,6-8H2,1H3/t10-,14?;/m0./s1. The second-order valence-corrected chi connectivity index (χ2v) is 11.4. The second-order valence-electron chi connectivity index (χ2n) is 9.79. The molecule has 2 N–H and O–H groups in total. The van der Waals surface area contributed by atoms with Crippen molar-refractivity contribution in [3.63, 3.8) is 0 Å². The Labute approximate surface area is 238 Å². The van der Waals surface area contributed by atoms with Gasteiger partial charge in [0.05, 0.1) is 31.2 Å². The van der Waals surface area contributed by atoms with Crippen molar-refractivity contribution in [1.29, 1.82) is 0 Å². The van der Waals surface area contributed by atoms with Crippen LogP contribution in [0.2, 0.25) is 20.1 Å². The molecule has 0 saturated carbocycles. The predicted octanol–water partition coefficient (Wildman–Crippen LogP) is 8.14. The van der Waals surface area contributed by atoms with Gasteiger partial charge in [0, 0.05) is 24.1 Å². The predicted molar refractivity (Wildman–Crippen MR) is 152 cm³/mol. The summed E-state index contributed by atoms with van der Waals surface area (Å²) in [6, 6.07) is 9.90. The molecule has 4 rings (SSSR count). The monoisotopic (exact) mass is 588 g/mol. The molecule has 2 aromatic rings. The lowest BCUT2D eigenvalue weighted by molar-refractivity contribution is 0.0847. The van der Waals surface area contributed by atoms with Gasteiger partial charge >= 0.3 is 0 Å². The first-order valence-electron chi connectivity index (χ1n) is 12.7. The van der Waals surface area contributed by atoms with Crippen molar-refractivity contribution in [3.05, 3.63) is 67.6 Å². The highest BCUT2D eigenvalue weighted by molar-refractivity contribution is 6.42. The van der Waals surface area contributed by atoms with Gasteiger partial charge in [0.15, 0.2) is 11.6 Å². The van der Waals surface area contributed by atoms with Crippen molar-refractivity contribution in [2.75, 3.05) is 13.1 Å². The van der Waals surface area contributed by atoms with Crippen molar-refractivity contribution < 1.29 is 14.0 Å². The molecule has 2 aliphatic rings. The fourth-order valence-corrected chi connectivity index (χ4v) is 5.91. The number of rotatable bonds is 8. The largest absolute Gasteiger partial charge is 0.305 e. The van der Waals surface area contributed by atoms with Crippen LogP contribution in [0.4, 0.5) is 4.39 Å². The molecule has 0 amide bonds. The fourth-order valence-electron chi connectivity index (χ4n) is 5.31. The number of benzene rings is 2. The van der Waals surface area contributed by atoms with Gasteiger partial charge in [0.25, 0.3) is 0 Å². The number of hydrogen-bond donors (Lipinski definition) is 2. The molecular formula is C28H33Cl4FN2O2. The van der Waals surface area contributed by atoms with Crippen LogP contribution in [0.1, 0.15) is 79.5 Å². The number of carbonyl (C=O) groups is 2. The average Bonchev–Trinajstić information content (AvgIpc) is 3.50. The minimum atomic E-state index is -0.974. The normalized spacial score (nSPS) is 25.0. The molecule has 2 aliphatic heterocycles. The van der Waals surface area contributed by atoms with Crippen molar-refractivity contribution in [3.8, 4) is 0 Å². The maximum Gasteiger partial charge on any atom is 0.183 e. The summed E-state index contributed by atoms with van der Waals surface area (Å²) in [7, 11) is 0. The molecule has 202 valence electrons. The number of hydrogen-bond acceptors (Lipinski definition) is 4. The van der Waals surface area contributed by atoms with E-state index >= 15 is 0 Å². The van der Waals surface area contributed by atoms with Crippen LogP contribution >= 0.6 is 46.4 Å². The average molecular weight is 590 g/mol. The Morgan fingerprint density at radius 2 is 1.35 bits per heavy atom. The van der Waals surface area contributed by atoms with Gasteiger partial charge in [-0.3, -0.25) is 9.59 Å². The van der Waals surface area contributed by atoms with Crippen LogP contribution < -0.4 is 10.6 Å². The Hall–Kier alpha value is -1.21. The first-order valence-corrected chi connectivity index (χ1v) is 14.2. The van der Waals surface area contributed by atoms with Crippen molar-refractivity contribution in [2.24, 2.45) is 0 Å². The van der Waals surface area contributed by atoms with Crippen LogP contribution in [-0.2, 0) is 0 Å². The fraction of sp³-hybridized carbons (Fsp3) is 0.500. The van der Waals surface area contributed by atoms with E-state index in [1.54, 1.807) is 36.4 Å². The van der Waals surface area contributed by atoms with E-state index in [1.807, 2.05) is 6.92 Å². The van der Waals surface area contributed by atoms with Gasteiger partial charge < -0.3 is 10.6 Å². The van der Waals surface area contributed by atoms with Gasteiger partial charge in [0.2, 0.25) is 0 Å². The van der Waals surface area contributed by atoms with Gasteiger partial charge in [-0.15, -0.1) is 0 Å². The smallest absolute Gasteiger partial charge is 0.183 e. The number of halogens is 5. The highest BCUT2D eigenvalue weighted by Crippen LogP contribution is 2.33. The minimum absolute atomic E-state index is 0.104. The van der Waals surface area contributed by atoms with Gasteiger partial charge in [-0.25, -0.2) is 4.39 Å². The molecule has 0 aromatic heterocycles. The Morgan fingerprint density at radius 3 is 1.76 bits per heavy atom. The lowest BCUT2D eigenvalue weighted by Crippen LogP contribution is -2.47. The van der Waals surface area contributed by atoms with E-state index in [0.717, 1.165) is 38.6 Å². The van der Waals surface area contributed by atoms with Crippen LogP contribution in [0, 0.1) is 0 Å². The number of nitrogens with one attached hydrogen (secondary N) is 2. The molecule has 0 radical (unpaired) electrons. The zero-order valence-electron chi connectivity index (χ0n) is 21.1. The van der Waals surface area contributed by atoms with Crippen LogP contribution in [0.15, 0.2) is 36.4 Å². The summed E-state index contributed by atoms with van der Waals surface area (Å²) in [6.07, 6.45) is 4.48. The molecule has 2 unspecified atom stereocenters. The third-order valence-electron chi connectivity index (χ3n) is 7.06. The summed E-state index contributed by atoms with van der Waals surface area (Å²) < 4.78 is 13.5. The third-order valence-corrected chi connectivity index (χ3v) is 8.54. The van der Waals surface area contributed by atoms with Crippen LogP contribution in [0.25, 0.3) is 0 Å². The third kappa shape index (κ3) is 7.06. The molecule has 2 aromatic carbocycles. The van der Waals surface area contributed by atoms with E-state index in [-0.39, 0.29) is 24.5 Å². The van der Waals surface area contributed by atoms with Crippen LogP contribution in [0.3, 0.4) is 0 Å². The molecule has 0 spiro atoms. The molecule has 3 atom stereocenters. The van der Waals surface area contributed by atoms with E-state index in [1.165, 1.54) is 0 Å². The Bertz CT molecular complexity index is 1120. The Balaban J connectivity index is 0.000000206. The summed E-state index contributed by atoms with van der Waals surface area (Å²) in [6.45, 7) is 5.22. The van der Waals surface area contributed by atoms with E-state index in [9.17, 15) is 14.0 Å². The summed E-state index contributed by atoms with van der Waals surface area (Å²) in [5.41, 5.74) is -0.0752. The molecule has 37 heavy (non-hydrogen) atoms. The van der Waals surface area contributed by atoms with Crippen molar-refractivity contribution in [2.45, 2.75) is 76.0 Å². The van der Waals surface area contributed by atoms with Crippen LogP contribution in [0.5, 0.6) is 0 Å². The molecule has 2 saturated heterocycles. The Morgan fingerprint density at radius 1 is 0.838 bits per heavy atom. The summed E-state index contributed by atoms with van der Waals surface area (Å²) >= 11 is 23.6. The van der Waals surface area contributed by atoms with Gasteiger partial charge in [-0.05, 0) is 68.6 Å². The van der Waals surface area contributed by atoms with Crippen molar-refractivity contribution in [1.82, 2.24) is 10.6 Å². The first-order chi connectivity index (χ1) is 17.6. The van der Waals surface area contributed by atoms with Crippen LogP contribution in [-0.4, -0.2) is 41.9 Å². The molecule has 0 bridgehead atoms. The lowest BCUT2D eigenvalue weighted by Gasteiger charge is -2.27. The molecular weight excluding hydrogens is 557 g/mol. The minimum Gasteiger partial charge on any atom is -0.305 e. The highest BCUT2D eigenvalue weighted by atomic mass is 35.5. The summed E-state index contributed by atoms with van der Waals surface area (Å²) in [5, 5.41) is 8.10. The quantitative estimate of drug-likeness (QED) is 0.305. The molecule has 0 aliphatic carbocycles. The van der Waals surface area contributed by atoms with E-state index in [0.29, 0.717) is 37.6 Å². The topological polar surface area (TPSA) is 58.2 Å². The Kier molecular flexibility index (Phi) is 10.8. The number of carbonyl (C=O) groups excluding carboxylic acids is 2. The highest BCUT2D eigenvalue weighted by Gasteiger charge is 2.44. The van der Waals surface area contributed by atoms with Gasteiger partial charge in [-0.2, -0.15) is 0 Å². The SMILES string of the molecule is CCCC1(C(=O)c2ccc(Cl)c(Cl)c2)CCCN1.CCCC1(C(=O)c2ccc(Cl)c(Cl)c2)C[C@H](F)CN1. The molecule has 2 fully saturated rings. The molecule has 4 nitrogen and oxygen atoms in total. The molecule has 9 heteroatoms. The zero-order valence-corrected chi connectivity index (χ0v) is 24.1. The number of Topliss-reactive ketones (excluding diaryl/α,β-unsaturated/α-hetero) is 2. The maximum absolute atomic E-state index is 13.5. The lowest BCUT2D eigenvalue weighted by atomic mass is 9.83. The molecule has 2 heterocycles. The van der Waals surface area contributed by atoms with Gasteiger partial charge in [-0.1, -0.05) is 73.1 Å².